The van der Waals surface area contributed by atoms with Crippen molar-refractivity contribution < 1.29 is 9.53 Å². The maximum Gasteiger partial charge on any atom is 0.343 e. The molecule has 2 nitrogen and oxygen atoms in total. The normalized spacial score (nSPS) is 9.88. The van der Waals surface area contributed by atoms with E-state index in [0.29, 0.717) is 11.3 Å². The topological polar surface area (TPSA) is 26.3 Å². The number of unbranched alkanes of at least 4 members (excludes halogenated alkanes) is 1. The second kappa shape index (κ2) is 6.11. The fourth-order valence-electron chi connectivity index (χ4n) is 1.41. The molecular weight excluding hydrogens is 200 g/mol. The van der Waals surface area contributed by atoms with Crippen LogP contribution < -0.4 is 0 Å². The van der Waals surface area contributed by atoms with Crippen LogP contribution in [0.5, 0.6) is 0 Å². The van der Waals surface area contributed by atoms with E-state index in [0.717, 1.165) is 24.8 Å². The van der Waals surface area contributed by atoms with Gasteiger partial charge in [0, 0.05) is 6.42 Å². The van der Waals surface area contributed by atoms with Crippen LogP contribution in [0.2, 0.25) is 0 Å². The quantitative estimate of drug-likeness (QED) is 0.554. The van der Waals surface area contributed by atoms with Gasteiger partial charge in [-0.25, -0.2) is 4.79 Å². The predicted octanol–water partition coefficient (Wildman–Crippen LogP) is 3.86. The van der Waals surface area contributed by atoms with Crippen LogP contribution in [-0.2, 0) is 4.74 Å². The summed E-state index contributed by atoms with van der Waals surface area (Å²) in [5.41, 5.74) is 1.54. The standard InChI is InChI=1S/C14H18O2/c1-4-5-9-12(3)16-14(15)13-10-7-6-8-11(13)2/h6-8,10H,3-5,9H2,1-2H3. The Morgan fingerprint density at radius 3 is 2.69 bits per heavy atom. The summed E-state index contributed by atoms with van der Waals surface area (Å²) in [4.78, 5) is 11.8. The van der Waals surface area contributed by atoms with Gasteiger partial charge in [-0.1, -0.05) is 38.1 Å². The molecule has 0 fully saturated rings. The molecule has 0 heterocycles. The van der Waals surface area contributed by atoms with Crippen molar-refractivity contribution >= 4 is 5.97 Å². The number of hydrogen-bond acceptors (Lipinski definition) is 2. The molecule has 1 aromatic carbocycles. The monoisotopic (exact) mass is 218 g/mol. The van der Waals surface area contributed by atoms with Gasteiger partial charge in [-0.15, -0.1) is 0 Å². The molecule has 2 heteroatoms. The van der Waals surface area contributed by atoms with Gasteiger partial charge in [0.15, 0.2) is 0 Å². The lowest BCUT2D eigenvalue weighted by atomic mass is 10.1. The van der Waals surface area contributed by atoms with Crippen molar-refractivity contribution in [3.63, 3.8) is 0 Å². The lowest BCUT2D eigenvalue weighted by Gasteiger charge is -2.08. The number of rotatable bonds is 5. The van der Waals surface area contributed by atoms with Crippen LogP contribution in [-0.4, -0.2) is 5.97 Å². The van der Waals surface area contributed by atoms with Crippen LogP contribution in [0.25, 0.3) is 0 Å². The molecule has 0 N–H and O–H groups in total. The molecule has 0 aliphatic heterocycles. The van der Waals surface area contributed by atoms with Crippen molar-refractivity contribution in [2.45, 2.75) is 33.1 Å². The number of ether oxygens (including phenoxy) is 1. The summed E-state index contributed by atoms with van der Waals surface area (Å²) in [7, 11) is 0. The minimum atomic E-state index is -0.306. The molecular formula is C14H18O2. The largest absolute Gasteiger partial charge is 0.428 e. The number of benzene rings is 1. The van der Waals surface area contributed by atoms with Crippen LogP contribution >= 0.6 is 0 Å². The van der Waals surface area contributed by atoms with E-state index in [2.05, 4.69) is 13.5 Å². The Bertz CT molecular complexity index is 380. The molecule has 86 valence electrons. The summed E-state index contributed by atoms with van der Waals surface area (Å²) in [6, 6.07) is 7.40. The first-order chi connectivity index (χ1) is 7.65. The van der Waals surface area contributed by atoms with E-state index < -0.39 is 0 Å². The molecule has 0 aromatic heterocycles. The maximum atomic E-state index is 11.8. The third-order valence-corrected chi connectivity index (χ3v) is 2.41. The Kier molecular flexibility index (Phi) is 4.77. The minimum absolute atomic E-state index is 0.306. The molecule has 0 bridgehead atoms. The van der Waals surface area contributed by atoms with E-state index >= 15 is 0 Å². The zero-order valence-electron chi connectivity index (χ0n) is 9.95. The van der Waals surface area contributed by atoms with E-state index in [1.165, 1.54) is 0 Å². The lowest BCUT2D eigenvalue weighted by molar-refractivity contribution is 0.0614. The van der Waals surface area contributed by atoms with Crippen molar-refractivity contribution in [1.82, 2.24) is 0 Å². The zero-order chi connectivity index (χ0) is 12.0. The summed E-state index contributed by atoms with van der Waals surface area (Å²) in [5.74, 6) is 0.245. The summed E-state index contributed by atoms with van der Waals surface area (Å²) < 4.78 is 5.19. The van der Waals surface area contributed by atoms with Crippen molar-refractivity contribution in [2.24, 2.45) is 0 Å². The van der Waals surface area contributed by atoms with Gasteiger partial charge in [0.1, 0.15) is 5.76 Å². The average molecular weight is 218 g/mol. The molecule has 0 aliphatic carbocycles. The molecule has 0 saturated carbocycles. The Hall–Kier alpha value is -1.57. The average Bonchev–Trinajstić information content (AvgIpc) is 2.26. The number of hydrogen-bond donors (Lipinski definition) is 0. The van der Waals surface area contributed by atoms with Crippen LogP contribution in [0, 0.1) is 6.92 Å². The minimum Gasteiger partial charge on any atom is -0.428 e. The van der Waals surface area contributed by atoms with Crippen molar-refractivity contribution in [3.05, 3.63) is 47.7 Å². The molecule has 0 radical (unpaired) electrons. The van der Waals surface area contributed by atoms with Gasteiger partial charge in [0.25, 0.3) is 0 Å². The molecule has 0 atom stereocenters. The van der Waals surface area contributed by atoms with E-state index in [-0.39, 0.29) is 5.97 Å². The summed E-state index contributed by atoms with van der Waals surface area (Å²) in [5, 5.41) is 0. The number of aryl methyl sites for hydroxylation is 1. The SMILES string of the molecule is C=C(CCCC)OC(=O)c1ccccc1C. The van der Waals surface area contributed by atoms with Gasteiger partial charge in [-0.2, -0.15) is 0 Å². The van der Waals surface area contributed by atoms with E-state index in [4.69, 9.17) is 4.74 Å². The van der Waals surface area contributed by atoms with Crippen molar-refractivity contribution in [2.75, 3.05) is 0 Å². The van der Waals surface area contributed by atoms with Gasteiger partial charge in [-0.3, -0.25) is 0 Å². The van der Waals surface area contributed by atoms with Gasteiger partial charge >= 0.3 is 5.97 Å². The van der Waals surface area contributed by atoms with E-state index in [1.54, 1.807) is 6.07 Å². The molecule has 0 saturated heterocycles. The maximum absolute atomic E-state index is 11.8. The molecule has 0 unspecified atom stereocenters. The predicted molar refractivity (Wildman–Crippen MR) is 65.3 cm³/mol. The second-order valence-corrected chi connectivity index (χ2v) is 3.85. The van der Waals surface area contributed by atoms with Gasteiger partial charge in [-0.05, 0) is 25.0 Å². The molecule has 0 spiro atoms. The Labute approximate surface area is 96.9 Å². The summed E-state index contributed by atoms with van der Waals surface area (Å²) >= 11 is 0. The van der Waals surface area contributed by atoms with Crippen LogP contribution in [0.4, 0.5) is 0 Å². The van der Waals surface area contributed by atoms with Crippen LogP contribution in [0.3, 0.4) is 0 Å². The lowest BCUT2D eigenvalue weighted by Crippen LogP contribution is -2.06. The number of carbonyl (C=O) groups excluding carboxylic acids is 1. The highest BCUT2D eigenvalue weighted by atomic mass is 16.5. The van der Waals surface area contributed by atoms with Crippen LogP contribution in [0.1, 0.15) is 42.1 Å². The third kappa shape index (κ3) is 3.54. The van der Waals surface area contributed by atoms with Crippen molar-refractivity contribution in [1.29, 1.82) is 0 Å². The van der Waals surface area contributed by atoms with Gasteiger partial charge < -0.3 is 4.74 Å². The third-order valence-electron chi connectivity index (χ3n) is 2.41. The van der Waals surface area contributed by atoms with Crippen LogP contribution in [0.15, 0.2) is 36.6 Å². The van der Waals surface area contributed by atoms with E-state index in [1.807, 2.05) is 25.1 Å². The van der Waals surface area contributed by atoms with Crippen molar-refractivity contribution in [3.8, 4) is 0 Å². The smallest absolute Gasteiger partial charge is 0.343 e. The first kappa shape index (κ1) is 12.5. The molecule has 1 aromatic rings. The highest BCUT2D eigenvalue weighted by molar-refractivity contribution is 5.91. The van der Waals surface area contributed by atoms with E-state index in [9.17, 15) is 4.79 Å². The highest BCUT2D eigenvalue weighted by Crippen LogP contribution is 2.13. The number of esters is 1. The molecule has 0 amide bonds. The Morgan fingerprint density at radius 1 is 1.38 bits per heavy atom. The Balaban J connectivity index is 2.59. The second-order valence-electron chi connectivity index (χ2n) is 3.85. The summed E-state index contributed by atoms with van der Waals surface area (Å²) in [6.07, 6.45) is 2.81. The molecule has 0 aliphatic rings. The number of allylic oxidation sites excluding steroid dienone is 1. The first-order valence-corrected chi connectivity index (χ1v) is 5.60. The molecule has 1 rings (SSSR count). The fourth-order valence-corrected chi connectivity index (χ4v) is 1.41. The van der Waals surface area contributed by atoms with Gasteiger partial charge in [0.2, 0.25) is 0 Å². The molecule has 16 heavy (non-hydrogen) atoms. The first-order valence-electron chi connectivity index (χ1n) is 5.60. The summed E-state index contributed by atoms with van der Waals surface area (Å²) in [6.45, 7) is 7.73. The van der Waals surface area contributed by atoms with Gasteiger partial charge in [0.05, 0.1) is 5.56 Å². The fraction of sp³-hybridized carbons (Fsp3) is 0.357. The number of carbonyl (C=O) groups is 1. The highest BCUT2D eigenvalue weighted by Gasteiger charge is 2.10. The zero-order valence-corrected chi connectivity index (χ0v) is 9.95. The Morgan fingerprint density at radius 2 is 2.06 bits per heavy atom.